The van der Waals surface area contributed by atoms with Crippen LogP contribution in [0.1, 0.15) is 36.8 Å². The Labute approximate surface area is 117 Å². The molecule has 0 saturated heterocycles. The fraction of sp³-hybridized carbons (Fsp3) is 0.647. The molecule has 104 valence electrons. The van der Waals surface area contributed by atoms with E-state index in [1.807, 2.05) is 0 Å². The molecule has 0 radical (unpaired) electrons. The van der Waals surface area contributed by atoms with Gasteiger partial charge in [0, 0.05) is 0 Å². The number of hydrogen-bond donors (Lipinski definition) is 2. The van der Waals surface area contributed by atoms with E-state index in [4.69, 9.17) is 0 Å². The second-order valence-electron chi connectivity index (χ2n) is 6.00. The van der Waals surface area contributed by atoms with Gasteiger partial charge in [-0.2, -0.15) is 0 Å². The van der Waals surface area contributed by atoms with Crippen LogP contribution in [0.25, 0.3) is 0 Å². The Morgan fingerprint density at radius 1 is 1.16 bits per heavy atom. The first-order chi connectivity index (χ1) is 9.42. The Morgan fingerprint density at radius 3 is 2.89 bits per heavy atom. The summed E-state index contributed by atoms with van der Waals surface area (Å²) in [6.07, 6.45) is 3.95. The van der Waals surface area contributed by atoms with E-state index in [9.17, 15) is 0 Å². The van der Waals surface area contributed by atoms with Crippen LogP contribution in [0, 0.1) is 11.8 Å². The molecular weight excluding hydrogens is 232 g/mol. The summed E-state index contributed by atoms with van der Waals surface area (Å²) in [5, 5.41) is 7.03. The summed E-state index contributed by atoms with van der Waals surface area (Å²) < 4.78 is 0. The molecule has 3 unspecified atom stereocenters. The van der Waals surface area contributed by atoms with Crippen molar-refractivity contribution in [2.24, 2.45) is 11.8 Å². The lowest BCUT2D eigenvalue weighted by Crippen LogP contribution is -2.23. The van der Waals surface area contributed by atoms with Crippen molar-refractivity contribution in [3.05, 3.63) is 35.4 Å². The number of hydrogen-bond acceptors (Lipinski definition) is 2. The summed E-state index contributed by atoms with van der Waals surface area (Å²) in [4.78, 5) is 0. The predicted molar refractivity (Wildman–Crippen MR) is 80.5 cm³/mol. The normalized spacial score (nSPS) is 27.7. The van der Waals surface area contributed by atoms with Gasteiger partial charge in [-0.1, -0.05) is 31.2 Å². The maximum atomic E-state index is 3.65. The van der Waals surface area contributed by atoms with Crippen molar-refractivity contribution in [3.8, 4) is 0 Å². The van der Waals surface area contributed by atoms with Gasteiger partial charge >= 0.3 is 0 Å². The second kappa shape index (κ2) is 6.06. The lowest BCUT2D eigenvalue weighted by molar-refractivity contribution is 0.556. The topological polar surface area (TPSA) is 24.1 Å². The van der Waals surface area contributed by atoms with Gasteiger partial charge < -0.3 is 10.6 Å². The quantitative estimate of drug-likeness (QED) is 0.735. The van der Waals surface area contributed by atoms with Gasteiger partial charge in [0.15, 0.2) is 0 Å². The van der Waals surface area contributed by atoms with E-state index in [2.05, 4.69) is 41.8 Å². The highest BCUT2D eigenvalue weighted by Gasteiger charge is 2.52. The number of nitrogens with one attached hydrogen (secondary N) is 2. The molecule has 1 aromatic rings. The Hall–Kier alpha value is -0.860. The lowest BCUT2D eigenvalue weighted by atomic mass is 9.92. The zero-order chi connectivity index (χ0) is 13.1. The van der Waals surface area contributed by atoms with Gasteiger partial charge in [0.05, 0.1) is 0 Å². The summed E-state index contributed by atoms with van der Waals surface area (Å²) in [6, 6.07) is 9.08. The molecule has 0 aromatic heterocycles. The molecule has 2 heteroatoms. The third-order valence-corrected chi connectivity index (χ3v) is 4.83. The summed E-state index contributed by atoms with van der Waals surface area (Å²) >= 11 is 0. The Bertz CT molecular complexity index is 415. The molecule has 0 spiro atoms. The van der Waals surface area contributed by atoms with Crippen LogP contribution in [0.4, 0.5) is 0 Å². The Kier molecular flexibility index (Phi) is 4.19. The van der Waals surface area contributed by atoms with Crippen LogP contribution in [0.2, 0.25) is 0 Å². The average Bonchev–Trinajstić information content (AvgIpc) is 3.17. The monoisotopic (exact) mass is 258 g/mol. The van der Waals surface area contributed by atoms with Crippen molar-refractivity contribution in [2.75, 3.05) is 26.2 Å². The third kappa shape index (κ3) is 2.85. The number of fused-ring (bicyclic) bond motifs is 3. The van der Waals surface area contributed by atoms with E-state index in [-0.39, 0.29) is 0 Å². The van der Waals surface area contributed by atoms with E-state index in [1.165, 1.54) is 25.8 Å². The molecule has 3 atom stereocenters. The van der Waals surface area contributed by atoms with Gasteiger partial charge in [0.25, 0.3) is 0 Å². The Balaban J connectivity index is 1.43. The van der Waals surface area contributed by atoms with Crippen LogP contribution in [-0.2, 0) is 6.42 Å². The van der Waals surface area contributed by atoms with Crippen molar-refractivity contribution < 1.29 is 0 Å². The zero-order valence-electron chi connectivity index (χ0n) is 12.0. The molecule has 0 aliphatic heterocycles. The molecule has 3 rings (SSSR count). The van der Waals surface area contributed by atoms with Gasteiger partial charge in [-0.05, 0) is 74.3 Å². The van der Waals surface area contributed by atoms with Crippen molar-refractivity contribution in [2.45, 2.75) is 32.1 Å². The zero-order valence-corrected chi connectivity index (χ0v) is 12.0. The Morgan fingerprint density at radius 2 is 2.00 bits per heavy atom. The first-order valence-electron chi connectivity index (χ1n) is 7.91. The van der Waals surface area contributed by atoms with Gasteiger partial charge in [0.2, 0.25) is 0 Å². The van der Waals surface area contributed by atoms with Crippen molar-refractivity contribution in [1.29, 1.82) is 0 Å². The van der Waals surface area contributed by atoms with Gasteiger partial charge in [-0.3, -0.25) is 0 Å². The highest BCUT2D eigenvalue weighted by Crippen LogP contribution is 2.59. The molecule has 2 aliphatic rings. The fourth-order valence-corrected chi connectivity index (χ4v) is 3.77. The lowest BCUT2D eigenvalue weighted by Gasteiger charge is -2.13. The molecule has 19 heavy (non-hydrogen) atoms. The van der Waals surface area contributed by atoms with Gasteiger partial charge in [-0.25, -0.2) is 0 Å². The van der Waals surface area contributed by atoms with Crippen molar-refractivity contribution in [3.63, 3.8) is 0 Å². The molecule has 0 amide bonds. The number of benzene rings is 1. The summed E-state index contributed by atoms with van der Waals surface area (Å²) in [6.45, 7) is 6.77. The average molecular weight is 258 g/mol. The highest BCUT2D eigenvalue weighted by molar-refractivity contribution is 5.39. The summed E-state index contributed by atoms with van der Waals surface area (Å²) in [5.41, 5.74) is 3.26. The van der Waals surface area contributed by atoms with E-state index >= 15 is 0 Å². The van der Waals surface area contributed by atoms with Crippen molar-refractivity contribution >= 4 is 0 Å². The van der Waals surface area contributed by atoms with Crippen LogP contribution in [0.3, 0.4) is 0 Å². The van der Waals surface area contributed by atoms with Gasteiger partial charge in [-0.15, -0.1) is 0 Å². The standard InChI is InChI=1S/C17H26N2/c1-2-18-10-5-11-19-12-16-15-9-8-13-6-3-4-7-14(13)17(15)16/h3-4,6-7,15-19H,2,5,8-12H2,1H3. The molecule has 2 nitrogen and oxygen atoms in total. The molecular formula is C17H26N2. The minimum atomic E-state index is 0.867. The first-order valence-corrected chi connectivity index (χ1v) is 7.91. The van der Waals surface area contributed by atoms with Crippen LogP contribution in [0.15, 0.2) is 24.3 Å². The maximum Gasteiger partial charge on any atom is -0.00117 e. The minimum Gasteiger partial charge on any atom is -0.317 e. The molecule has 2 N–H and O–H groups in total. The van der Waals surface area contributed by atoms with Crippen LogP contribution < -0.4 is 10.6 Å². The van der Waals surface area contributed by atoms with Crippen LogP contribution in [0.5, 0.6) is 0 Å². The summed E-state index contributed by atoms with van der Waals surface area (Å²) in [5.74, 6) is 2.74. The van der Waals surface area contributed by atoms with Crippen molar-refractivity contribution in [1.82, 2.24) is 10.6 Å². The second-order valence-corrected chi connectivity index (χ2v) is 6.00. The van der Waals surface area contributed by atoms with E-state index in [0.29, 0.717) is 0 Å². The highest BCUT2D eigenvalue weighted by atomic mass is 14.9. The molecule has 1 fully saturated rings. The van der Waals surface area contributed by atoms with Gasteiger partial charge in [0.1, 0.15) is 0 Å². The fourth-order valence-electron chi connectivity index (χ4n) is 3.77. The molecule has 0 bridgehead atoms. The first kappa shape index (κ1) is 13.1. The van der Waals surface area contributed by atoms with E-state index in [0.717, 1.165) is 37.4 Å². The SMILES string of the molecule is CCNCCCNCC1C2CCc3ccccc3C21. The van der Waals surface area contributed by atoms with E-state index < -0.39 is 0 Å². The molecule has 1 saturated carbocycles. The smallest absolute Gasteiger partial charge is 0.00117 e. The maximum absolute atomic E-state index is 3.65. The summed E-state index contributed by atoms with van der Waals surface area (Å²) in [7, 11) is 0. The van der Waals surface area contributed by atoms with Crippen LogP contribution in [-0.4, -0.2) is 26.2 Å². The predicted octanol–water partition coefficient (Wildman–Crippen LogP) is 2.55. The van der Waals surface area contributed by atoms with E-state index in [1.54, 1.807) is 11.1 Å². The van der Waals surface area contributed by atoms with Crippen LogP contribution >= 0.6 is 0 Å². The molecule has 2 aliphatic carbocycles. The number of aryl methyl sites for hydroxylation is 1. The third-order valence-electron chi connectivity index (χ3n) is 4.83. The largest absolute Gasteiger partial charge is 0.317 e. The minimum absolute atomic E-state index is 0.867. The number of rotatable bonds is 7. The molecule has 1 aromatic carbocycles. The molecule has 0 heterocycles.